The summed E-state index contributed by atoms with van der Waals surface area (Å²) in [4.78, 5) is 26.2. The number of carbonyl (C=O) groups is 2. The van der Waals surface area contributed by atoms with E-state index in [1.807, 2.05) is 6.07 Å². The highest BCUT2D eigenvalue weighted by atomic mass is 35.5. The molecule has 3 amide bonds. The Morgan fingerprint density at radius 3 is 2.21 bits per heavy atom. The summed E-state index contributed by atoms with van der Waals surface area (Å²) in [5, 5.41) is 3.56. The van der Waals surface area contributed by atoms with Crippen LogP contribution in [-0.4, -0.2) is 66.7 Å². The van der Waals surface area contributed by atoms with Gasteiger partial charge in [-0.3, -0.25) is 4.79 Å². The second-order valence-corrected chi connectivity index (χ2v) is 9.54. The number of hydrogen-bond donors (Lipinski definition) is 1. The molecule has 1 aromatic carbocycles. The van der Waals surface area contributed by atoms with E-state index in [0.29, 0.717) is 29.2 Å². The van der Waals surface area contributed by atoms with E-state index in [9.17, 15) is 22.8 Å². The van der Waals surface area contributed by atoms with E-state index in [0.717, 1.165) is 23.3 Å². The minimum absolute atomic E-state index is 0.0319. The van der Waals surface area contributed by atoms with Crippen molar-refractivity contribution in [3.8, 4) is 17.6 Å². The molecule has 1 saturated heterocycles. The second-order valence-electron chi connectivity index (χ2n) is 9.13. The normalized spacial score (nSPS) is 20.4. The molecule has 0 aromatic heterocycles. The zero-order valence-electron chi connectivity index (χ0n) is 18.4. The van der Waals surface area contributed by atoms with Crippen molar-refractivity contribution in [2.45, 2.75) is 49.7 Å². The minimum Gasteiger partial charge on any atom is -0.495 e. The molecule has 3 aliphatic rings. The van der Waals surface area contributed by atoms with Gasteiger partial charge in [-0.15, -0.1) is 0 Å². The molecule has 4 rings (SSSR count). The summed E-state index contributed by atoms with van der Waals surface area (Å²) in [6.07, 6.45) is -1.42. The first kappa shape index (κ1) is 23.6. The third kappa shape index (κ3) is 5.01. The lowest BCUT2D eigenvalue weighted by Crippen LogP contribution is -2.56. The predicted octanol–water partition coefficient (Wildman–Crippen LogP) is 3.70. The van der Waals surface area contributed by atoms with E-state index >= 15 is 0 Å². The number of piperazine rings is 1. The lowest BCUT2D eigenvalue weighted by atomic mass is 9.96. The number of benzene rings is 1. The Labute approximate surface area is 195 Å². The molecule has 1 heterocycles. The number of halogens is 4. The third-order valence-electron chi connectivity index (χ3n) is 6.57. The standard InChI is InChI=1S/C23H25ClF3N3O3/c1-21(5-6-21)16-13-15(18(33-2)14-17(16)24)3-4-22(7-8-22)28-20(32)30-11-9-29(10-12-30)19(31)23(25,26)27/h13-14H,5-12H2,1-2H3,(H,28,32). The number of nitrogens with one attached hydrogen (secondary N) is 1. The van der Waals surface area contributed by atoms with E-state index in [1.165, 1.54) is 4.90 Å². The summed E-state index contributed by atoms with van der Waals surface area (Å²) >= 11 is 6.44. The summed E-state index contributed by atoms with van der Waals surface area (Å²) in [5.41, 5.74) is 1.12. The van der Waals surface area contributed by atoms with Crippen molar-refractivity contribution in [2.24, 2.45) is 0 Å². The molecule has 10 heteroatoms. The Morgan fingerprint density at radius 2 is 1.70 bits per heavy atom. The molecule has 1 aromatic rings. The van der Waals surface area contributed by atoms with Gasteiger partial charge in [-0.2, -0.15) is 13.2 Å². The van der Waals surface area contributed by atoms with E-state index in [1.54, 1.807) is 13.2 Å². The van der Waals surface area contributed by atoms with Crippen LogP contribution in [0.4, 0.5) is 18.0 Å². The summed E-state index contributed by atoms with van der Waals surface area (Å²) < 4.78 is 43.2. The van der Waals surface area contributed by atoms with E-state index in [-0.39, 0.29) is 31.6 Å². The first-order chi connectivity index (χ1) is 15.5. The van der Waals surface area contributed by atoms with Crippen LogP contribution in [0.25, 0.3) is 0 Å². The van der Waals surface area contributed by atoms with Crippen molar-refractivity contribution >= 4 is 23.5 Å². The number of methoxy groups -OCH3 is 1. The molecule has 0 bridgehead atoms. The van der Waals surface area contributed by atoms with Gasteiger partial charge in [-0.05, 0) is 42.7 Å². The fourth-order valence-electron chi connectivity index (χ4n) is 3.91. The Kier molecular flexibility index (Phi) is 5.94. The van der Waals surface area contributed by atoms with Crippen LogP contribution in [-0.2, 0) is 10.2 Å². The van der Waals surface area contributed by atoms with Crippen LogP contribution in [0.3, 0.4) is 0 Å². The Hall–Kier alpha value is -2.60. The van der Waals surface area contributed by atoms with Crippen molar-refractivity contribution in [1.29, 1.82) is 0 Å². The molecule has 1 N–H and O–H groups in total. The molecule has 178 valence electrons. The molecule has 1 aliphatic heterocycles. The van der Waals surface area contributed by atoms with Crippen molar-refractivity contribution in [3.63, 3.8) is 0 Å². The molecule has 6 nitrogen and oxygen atoms in total. The van der Waals surface area contributed by atoms with Gasteiger partial charge >= 0.3 is 18.1 Å². The Balaban J connectivity index is 1.42. The Morgan fingerprint density at radius 1 is 1.09 bits per heavy atom. The predicted molar refractivity (Wildman–Crippen MR) is 116 cm³/mol. The molecule has 2 aliphatic carbocycles. The Bertz CT molecular complexity index is 1030. The number of amides is 3. The van der Waals surface area contributed by atoms with Gasteiger partial charge in [0.05, 0.1) is 12.7 Å². The van der Waals surface area contributed by atoms with Gasteiger partial charge in [0.25, 0.3) is 0 Å². The molecular weight excluding hydrogens is 459 g/mol. The van der Waals surface area contributed by atoms with Crippen LogP contribution in [0.5, 0.6) is 5.75 Å². The van der Waals surface area contributed by atoms with Crippen LogP contribution in [0.2, 0.25) is 5.02 Å². The maximum Gasteiger partial charge on any atom is 0.471 e. The first-order valence-electron chi connectivity index (χ1n) is 10.8. The van der Waals surface area contributed by atoms with Gasteiger partial charge in [-0.1, -0.05) is 30.4 Å². The monoisotopic (exact) mass is 483 g/mol. The molecular formula is C23H25ClF3N3O3. The van der Waals surface area contributed by atoms with Crippen LogP contribution in [0.15, 0.2) is 12.1 Å². The third-order valence-corrected chi connectivity index (χ3v) is 6.88. The van der Waals surface area contributed by atoms with Crippen molar-refractivity contribution < 1.29 is 27.5 Å². The number of nitrogens with zero attached hydrogens (tertiary/aromatic N) is 2. The molecule has 0 atom stereocenters. The van der Waals surface area contributed by atoms with Crippen molar-refractivity contribution in [1.82, 2.24) is 15.1 Å². The SMILES string of the molecule is COc1cc(Cl)c(C2(C)CC2)cc1C#CC1(NC(=O)N2CCN(C(=O)C(F)(F)F)CC2)CC1. The number of alkyl halides is 3. The van der Waals surface area contributed by atoms with E-state index in [4.69, 9.17) is 16.3 Å². The zero-order valence-corrected chi connectivity index (χ0v) is 19.2. The van der Waals surface area contributed by atoms with Crippen molar-refractivity contribution in [3.05, 3.63) is 28.3 Å². The number of carbonyl (C=O) groups excluding carboxylic acids is 2. The molecule has 0 spiro atoms. The fourth-order valence-corrected chi connectivity index (χ4v) is 4.29. The molecule has 3 fully saturated rings. The highest BCUT2D eigenvalue weighted by Crippen LogP contribution is 2.51. The van der Waals surface area contributed by atoms with Gasteiger partial charge < -0.3 is 19.9 Å². The largest absolute Gasteiger partial charge is 0.495 e. The highest BCUT2D eigenvalue weighted by Gasteiger charge is 2.46. The molecule has 2 saturated carbocycles. The van der Waals surface area contributed by atoms with Crippen LogP contribution >= 0.6 is 11.6 Å². The molecule has 0 unspecified atom stereocenters. The maximum absolute atomic E-state index is 12.7. The average molecular weight is 484 g/mol. The van der Waals surface area contributed by atoms with Gasteiger partial charge in [0.1, 0.15) is 11.3 Å². The first-order valence-corrected chi connectivity index (χ1v) is 11.2. The lowest BCUT2D eigenvalue weighted by Gasteiger charge is -2.35. The quantitative estimate of drug-likeness (QED) is 0.667. The van der Waals surface area contributed by atoms with E-state index < -0.39 is 23.7 Å². The number of hydrogen-bond acceptors (Lipinski definition) is 3. The van der Waals surface area contributed by atoms with Crippen molar-refractivity contribution in [2.75, 3.05) is 33.3 Å². The highest BCUT2D eigenvalue weighted by molar-refractivity contribution is 6.31. The number of rotatable bonds is 3. The van der Waals surface area contributed by atoms with Gasteiger partial charge in [0.2, 0.25) is 0 Å². The van der Waals surface area contributed by atoms with Crippen LogP contribution in [0, 0.1) is 11.8 Å². The summed E-state index contributed by atoms with van der Waals surface area (Å²) in [6.45, 7) is 1.90. The van der Waals surface area contributed by atoms with Gasteiger partial charge in [0.15, 0.2) is 0 Å². The minimum atomic E-state index is -4.91. The fraction of sp³-hybridized carbons (Fsp3) is 0.565. The van der Waals surface area contributed by atoms with Crippen LogP contribution in [0.1, 0.15) is 43.7 Å². The van der Waals surface area contributed by atoms with Gasteiger partial charge in [-0.25, -0.2) is 4.79 Å². The summed E-state index contributed by atoms with van der Waals surface area (Å²) in [7, 11) is 1.55. The topological polar surface area (TPSA) is 61.9 Å². The van der Waals surface area contributed by atoms with Crippen LogP contribution < -0.4 is 10.1 Å². The molecule has 0 radical (unpaired) electrons. The summed E-state index contributed by atoms with van der Waals surface area (Å²) in [5.74, 6) is 4.98. The summed E-state index contributed by atoms with van der Waals surface area (Å²) in [6, 6.07) is 3.33. The number of urea groups is 1. The average Bonchev–Trinajstić information content (AvgIpc) is 3.70. The number of ether oxygens (including phenoxy) is 1. The smallest absolute Gasteiger partial charge is 0.471 e. The van der Waals surface area contributed by atoms with Gasteiger partial charge in [0, 0.05) is 37.3 Å². The van der Waals surface area contributed by atoms with E-state index in [2.05, 4.69) is 24.1 Å². The second kappa shape index (κ2) is 8.32. The lowest BCUT2D eigenvalue weighted by molar-refractivity contribution is -0.186. The zero-order chi connectivity index (χ0) is 24.0. The molecule has 33 heavy (non-hydrogen) atoms. The maximum atomic E-state index is 12.7.